The Balaban J connectivity index is 1.44. The number of aryl methyl sites for hydroxylation is 2. The first-order valence-electron chi connectivity index (χ1n) is 9.83. The predicted octanol–water partition coefficient (Wildman–Crippen LogP) is 7.39. The summed E-state index contributed by atoms with van der Waals surface area (Å²) >= 11 is 15.7. The van der Waals surface area contributed by atoms with Gasteiger partial charge in [0.15, 0.2) is 0 Å². The van der Waals surface area contributed by atoms with Crippen LogP contribution in [0.3, 0.4) is 0 Å². The number of rotatable bonds is 6. The van der Waals surface area contributed by atoms with Crippen LogP contribution in [0.15, 0.2) is 53.4 Å². The summed E-state index contributed by atoms with van der Waals surface area (Å²) in [7, 11) is 0. The molecule has 2 aromatic heterocycles. The molecule has 2 aromatic carbocycles. The molecular formula is C23H19Cl2N3S2. The van der Waals surface area contributed by atoms with Gasteiger partial charge in [0, 0.05) is 26.4 Å². The van der Waals surface area contributed by atoms with E-state index < -0.39 is 0 Å². The summed E-state index contributed by atoms with van der Waals surface area (Å²) in [6, 6.07) is 15.8. The molecule has 0 radical (unpaired) electrons. The second-order valence-corrected chi connectivity index (χ2v) is 10.3. The number of hydrogen-bond donors (Lipinski definition) is 1. The molecule has 4 aromatic rings. The minimum absolute atomic E-state index is 0.682. The van der Waals surface area contributed by atoms with Gasteiger partial charge in [-0.2, -0.15) is 0 Å². The number of halogens is 2. The van der Waals surface area contributed by atoms with Crippen molar-refractivity contribution >= 4 is 62.3 Å². The molecule has 0 bridgehead atoms. The monoisotopic (exact) mass is 471 g/mol. The lowest BCUT2D eigenvalue weighted by molar-refractivity contribution is 0.916. The second kappa shape index (κ2) is 8.75. The van der Waals surface area contributed by atoms with E-state index in [2.05, 4.69) is 11.4 Å². The van der Waals surface area contributed by atoms with Gasteiger partial charge >= 0.3 is 0 Å². The van der Waals surface area contributed by atoms with Gasteiger partial charge in [-0.25, -0.2) is 9.97 Å². The molecule has 0 aliphatic heterocycles. The quantitative estimate of drug-likeness (QED) is 0.297. The van der Waals surface area contributed by atoms with Gasteiger partial charge in [-0.1, -0.05) is 35.3 Å². The highest BCUT2D eigenvalue weighted by Crippen LogP contribution is 2.40. The van der Waals surface area contributed by atoms with Crippen LogP contribution in [0.5, 0.6) is 0 Å². The highest BCUT2D eigenvalue weighted by molar-refractivity contribution is 7.98. The van der Waals surface area contributed by atoms with Crippen molar-refractivity contribution < 1.29 is 0 Å². The number of nitrogens with one attached hydrogen (secondary N) is 1. The number of anilines is 1. The Morgan fingerprint density at radius 2 is 1.87 bits per heavy atom. The van der Waals surface area contributed by atoms with Gasteiger partial charge in [-0.15, -0.1) is 23.1 Å². The fraction of sp³-hybridized carbons (Fsp3) is 0.217. The maximum atomic E-state index is 6.15. The Labute approximate surface area is 193 Å². The Kier molecular flexibility index (Phi) is 5.87. The third-order valence-corrected chi connectivity index (χ3v) is 7.82. The average molecular weight is 472 g/mol. The predicted molar refractivity (Wildman–Crippen MR) is 129 cm³/mol. The fourth-order valence-corrected chi connectivity index (χ4v) is 6.12. The zero-order valence-electron chi connectivity index (χ0n) is 16.1. The smallest absolute Gasteiger partial charge is 0.142 e. The van der Waals surface area contributed by atoms with E-state index in [0.717, 1.165) is 49.8 Å². The number of aromatic nitrogens is 2. The minimum Gasteiger partial charge on any atom is -0.365 e. The molecule has 1 aliphatic carbocycles. The lowest BCUT2D eigenvalue weighted by Gasteiger charge is -2.11. The van der Waals surface area contributed by atoms with Crippen molar-refractivity contribution in [1.29, 1.82) is 0 Å². The summed E-state index contributed by atoms with van der Waals surface area (Å²) in [4.78, 5) is 13.5. The lowest BCUT2D eigenvalue weighted by Crippen LogP contribution is -2.05. The molecule has 1 aliphatic rings. The summed E-state index contributed by atoms with van der Waals surface area (Å²) < 4.78 is 0. The zero-order valence-corrected chi connectivity index (χ0v) is 19.3. The topological polar surface area (TPSA) is 37.8 Å². The van der Waals surface area contributed by atoms with E-state index in [9.17, 15) is 0 Å². The molecule has 30 heavy (non-hydrogen) atoms. The molecule has 152 valence electrons. The third kappa shape index (κ3) is 4.30. The summed E-state index contributed by atoms with van der Waals surface area (Å²) in [6.07, 6.45) is 3.49. The molecule has 0 saturated heterocycles. The van der Waals surface area contributed by atoms with Crippen molar-refractivity contribution in [1.82, 2.24) is 9.97 Å². The number of fused-ring (bicyclic) bond motifs is 3. The van der Waals surface area contributed by atoms with Crippen molar-refractivity contribution in [2.75, 3.05) is 5.32 Å². The van der Waals surface area contributed by atoms with Crippen LogP contribution in [0.1, 0.15) is 28.2 Å². The number of hydrogen-bond acceptors (Lipinski definition) is 5. The van der Waals surface area contributed by atoms with Crippen molar-refractivity contribution in [3.05, 3.63) is 80.4 Å². The van der Waals surface area contributed by atoms with E-state index in [-0.39, 0.29) is 0 Å². The normalized spacial score (nSPS) is 13.0. The molecule has 0 fully saturated rings. The standard InChI is InChI=1S/C23H19Cl2N3S2/c24-15-7-9-17(10-8-15)29-13-20-27-22(26-12-14-3-1-4-16(25)11-14)21-18-5-2-6-19(18)30-23(21)28-20/h1,3-4,7-11H,2,5-6,12-13H2,(H,26,27,28). The minimum atomic E-state index is 0.682. The molecule has 0 unspecified atom stereocenters. The van der Waals surface area contributed by atoms with Gasteiger partial charge in [0.05, 0.1) is 11.1 Å². The van der Waals surface area contributed by atoms with Gasteiger partial charge in [0.25, 0.3) is 0 Å². The van der Waals surface area contributed by atoms with Crippen molar-refractivity contribution in [2.24, 2.45) is 0 Å². The fourth-order valence-electron chi connectivity index (χ4n) is 3.74. The lowest BCUT2D eigenvalue weighted by atomic mass is 10.2. The van der Waals surface area contributed by atoms with Crippen LogP contribution in [-0.4, -0.2) is 9.97 Å². The van der Waals surface area contributed by atoms with Gasteiger partial charge in [-0.05, 0) is 66.8 Å². The maximum absolute atomic E-state index is 6.15. The van der Waals surface area contributed by atoms with Crippen molar-refractivity contribution in [2.45, 2.75) is 36.5 Å². The zero-order chi connectivity index (χ0) is 20.5. The van der Waals surface area contributed by atoms with Crippen LogP contribution in [0.2, 0.25) is 10.0 Å². The van der Waals surface area contributed by atoms with E-state index in [1.54, 1.807) is 11.8 Å². The molecular weight excluding hydrogens is 453 g/mol. The van der Waals surface area contributed by atoms with Crippen molar-refractivity contribution in [3.63, 3.8) is 0 Å². The van der Waals surface area contributed by atoms with Gasteiger partial charge in [0.1, 0.15) is 16.5 Å². The number of benzene rings is 2. The van der Waals surface area contributed by atoms with Crippen LogP contribution in [0, 0.1) is 0 Å². The summed E-state index contributed by atoms with van der Waals surface area (Å²) in [5.41, 5.74) is 2.57. The molecule has 0 amide bonds. The largest absolute Gasteiger partial charge is 0.365 e. The molecule has 0 atom stereocenters. The Bertz CT molecular complexity index is 1210. The van der Waals surface area contributed by atoms with E-state index in [4.69, 9.17) is 33.2 Å². The SMILES string of the molecule is Clc1ccc(SCc2nc(NCc3cccc(Cl)c3)c3c4c(sc3n2)CCC4)cc1. The van der Waals surface area contributed by atoms with E-state index in [1.165, 1.54) is 22.2 Å². The van der Waals surface area contributed by atoms with Gasteiger partial charge < -0.3 is 5.32 Å². The molecule has 0 spiro atoms. The molecule has 7 heteroatoms. The molecule has 5 rings (SSSR count). The van der Waals surface area contributed by atoms with Crippen LogP contribution in [-0.2, 0) is 25.1 Å². The van der Waals surface area contributed by atoms with E-state index in [1.807, 2.05) is 53.8 Å². The van der Waals surface area contributed by atoms with E-state index >= 15 is 0 Å². The van der Waals surface area contributed by atoms with Crippen LogP contribution in [0.4, 0.5) is 5.82 Å². The van der Waals surface area contributed by atoms with Gasteiger partial charge in [0.2, 0.25) is 0 Å². The first kappa shape index (κ1) is 20.1. The average Bonchev–Trinajstić information content (AvgIpc) is 3.32. The summed E-state index contributed by atoms with van der Waals surface area (Å²) in [6.45, 7) is 0.682. The van der Waals surface area contributed by atoms with Gasteiger partial charge in [-0.3, -0.25) is 0 Å². The Morgan fingerprint density at radius 3 is 2.70 bits per heavy atom. The molecule has 1 N–H and O–H groups in total. The van der Waals surface area contributed by atoms with E-state index in [0.29, 0.717) is 12.3 Å². The Hall–Kier alpha value is -1.79. The number of thioether (sulfide) groups is 1. The molecule has 3 nitrogen and oxygen atoms in total. The number of nitrogens with zero attached hydrogens (tertiary/aromatic N) is 2. The summed E-state index contributed by atoms with van der Waals surface area (Å²) in [5.74, 6) is 2.49. The Morgan fingerprint density at radius 1 is 1.00 bits per heavy atom. The first-order chi connectivity index (χ1) is 14.7. The number of thiophene rings is 1. The highest BCUT2D eigenvalue weighted by atomic mass is 35.5. The van der Waals surface area contributed by atoms with Crippen LogP contribution in [0.25, 0.3) is 10.2 Å². The molecule has 2 heterocycles. The molecule has 0 saturated carbocycles. The highest BCUT2D eigenvalue weighted by Gasteiger charge is 2.22. The third-order valence-electron chi connectivity index (χ3n) is 5.14. The maximum Gasteiger partial charge on any atom is 0.142 e. The van der Waals surface area contributed by atoms with Crippen molar-refractivity contribution in [3.8, 4) is 0 Å². The summed E-state index contributed by atoms with van der Waals surface area (Å²) in [5, 5.41) is 6.26. The second-order valence-electron chi connectivity index (χ2n) is 7.25. The van der Waals surface area contributed by atoms with Crippen LogP contribution < -0.4 is 5.32 Å². The van der Waals surface area contributed by atoms with Crippen LogP contribution >= 0.6 is 46.3 Å². The first-order valence-corrected chi connectivity index (χ1v) is 12.4.